The third-order valence-electron chi connectivity index (χ3n) is 4.68. The molecule has 4 heteroatoms. The predicted molar refractivity (Wildman–Crippen MR) is 97.0 cm³/mol. The number of halogens is 1. The Morgan fingerprint density at radius 2 is 1.72 bits per heavy atom. The van der Waals surface area contributed by atoms with Crippen molar-refractivity contribution in [2.75, 3.05) is 20.2 Å². The van der Waals surface area contributed by atoms with E-state index in [-0.39, 0.29) is 11.7 Å². The van der Waals surface area contributed by atoms with Gasteiger partial charge in [0.1, 0.15) is 11.6 Å². The van der Waals surface area contributed by atoms with Gasteiger partial charge in [-0.1, -0.05) is 24.3 Å². The van der Waals surface area contributed by atoms with Crippen LogP contribution in [0.5, 0.6) is 5.75 Å². The molecule has 0 bridgehead atoms. The number of hydrogen-bond acceptors (Lipinski definition) is 2. The predicted octanol–water partition coefficient (Wildman–Crippen LogP) is 4.25. The number of methoxy groups -OCH3 is 1. The Morgan fingerprint density at radius 1 is 1.08 bits per heavy atom. The molecule has 130 valence electrons. The fourth-order valence-electron chi connectivity index (χ4n) is 3.16. The third-order valence-corrected chi connectivity index (χ3v) is 4.68. The average Bonchev–Trinajstić information content (AvgIpc) is 2.67. The molecule has 0 spiro atoms. The summed E-state index contributed by atoms with van der Waals surface area (Å²) in [5.74, 6) is 1.02. The van der Waals surface area contributed by atoms with Crippen LogP contribution in [-0.4, -0.2) is 31.0 Å². The van der Waals surface area contributed by atoms with E-state index in [1.165, 1.54) is 12.1 Å². The van der Waals surface area contributed by atoms with E-state index in [9.17, 15) is 9.18 Å². The van der Waals surface area contributed by atoms with Crippen LogP contribution in [0.15, 0.2) is 54.6 Å². The van der Waals surface area contributed by atoms with Crippen LogP contribution in [0.2, 0.25) is 0 Å². The Hall–Kier alpha value is -2.62. The standard InChI is InChI=1S/C21H22FNO2/c1-25-20-9-2-16(3-10-20)4-11-21(24)23-14-12-18(13-15-23)17-5-7-19(22)8-6-17/h2-11,18H,12-15H2,1H3/b11-4+. The van der Waals surface area contributed by atoms with Crippen LogP contribution < -0.4 is 4.74 Å². The molecule has 1 amide bonds. The molecular weight excluding hydrogens is 317 g/mol. The number of rotatable bonds is 4. The molecule has 3 nitrogen and oxygen atoms in total. The molecule has 3 rings (SSSR count). The number of nitrogens with zero attached hydrogens (tertiary/aromatic N) is 1. The van der Waals surface area contributed by atoms with E-state index in [2.05, 4.69) is 0 Å². The second kappa shape index (κ2) is 7.97. The Balaban J connectivity index is 1.54. The Bertz CT molecular complexity index is 729. The highest BCUT2D eigenvalue weighted by molar-refractivity contribution is 5.91. The smallest absolute Gasteiger partial charge is 0.246 e. The Morgan fingerprint density at radius 3 is 2.32 bits per heavy atom. The summed E-state index contributed by atoms with van der Waals surface area (Å²) in [7, 11) is 1.63. The summed E-state index contributed by atoms with van der Waals surface area (Å²) in [6.45, 7) is 1.46. The van der Waals surface area contributed by atoms with Gasteiger partial charge in [-0.3, -0.25) is 4.79 Å². The van der Waals surface area contributed by atoms with Crippen LogP contribution in [0.25, 0.3) is 6.08 Å². The number of piperidine rings is 1. The van der Waals surface area contributed by atoms with E-state index in [1.807, 2.05) is 47.4 Å². The summed E-state index contributed by atoms with van der Waals surface area (Å²) in [5.41, 5.74) is 2.12. The van der Waals surface area contributed by atoms with E-state index >= 15 is 0 Å². The van der Waals surface area contributed by atoms with Gasteiger partial charge < -0.3 is 9.64 Å². The zero-order chi connectivity index (χ0) is 17.6. The minimum atomic E-state index is -0.208. The molecule has 0 radical (unpaired) electrons. The summed E-state index contributed by atoms with van der Waals surface area (Å²) in [4.78, 5) is 14.2. The van der Waals surface area contributed by atoms with Crippen molar-refractivity contribution >= 4 is 12.0 Å². The number of ether oxygens (including phenoxy) is 1. The van der Waals surface area contributed by atoms with Gasteiger partial charge in [-0.2, -0.15) is 0 Å². The number of benzene rings is 2. The van der Waals surface area contributed by atoms with Crippen molar-refractivity contribution in [3.8, 4) is 5.75 Å². The van der Waals surface area contributed by atoms with Crippen LogP contribution >= 0.6 is 0 Å². The topological polar surface area (TPSA) is 29.5 Å². The Kier molecular flexibility index (Phi) is 5.49. The van der Waals surface area contributed by atoms with Crippen LogP contribution in [-0.2, 0) is 4.79 Å². The first-order chi connectivity index (χ1) is 12.2. The van der Waals surface area contributed by atoms with Crippen molar-refractivity contribution in [3.63, 3.8) is 0 Å². The molecule has 25 heavy (non-hydrogen) atoms. The fraction of sp³-hybridized carbons (Fsp3) is 0.286. The van der Waals surface area contributed by atoms with Gasteiger partial charge in [-0.05, 0) is 60.2 Å². The fourth-order valence-corrected chi connectivity index (χ4v) is 3.16. The van der Waals surface area contributed by atoms with Crippen molar-refractivity contribution in [2.45, 2.75) is 18.8 Å². The van der Waals surface area contributed by atoms with Gasteiger partial charge in [0.05, 0.1) is 7.11 Å². The van der Waals surface area contributed by atoms with Crippen LogP contribution in [0.4, 0.5) is 4.39 Å². The van der Waals surface area contributed by atoms with Crippen molar-refractivity contribution in [1.29, 1.82) is 0 Å². The summed E-state index contributed by atoms with van der Waals surface area (Å²) < 4.78 is 18.1. The van der Waals surface area contributed by atoms with Crippen molar-refractivity contribution in [2.24, 2.45) is 0 Å². The zero-order valence-corrected chi connectivity index (χ0v) is 14.3. The lowest BCUT2D eigenvalue weighted by Gasteiger charge is -2.31. The van der Waals surface area contributed by atoms with E-state index in [0.29, 0.717) is 5.92 Å². The minimum Gasteiger partial charge on any atom is -0.497 e. The first-order valence-corrected chi connectivity index (χ1v) is 8.52. The molecule has 0 aromatic heterocycles. The molecule has 1 aliphatic heterocycles. The summed E-state index contributed by atoms with van der Waals surface area (Å²) in [5, 5.41) is 0. The van der Waals surface area contributed by atoms with Crippen LogP contribution in [0, 0.1) is 5.82 Å². The SMILES string of the molecule is COc1ccc(/C=C/C(=O)N2CCC(c3ccc(F)cc3)CC2)cc1. The molecule has 0 aliphatic carbocycles. The number of amides is 1. The summed E-state index contributed by atoms with van der Waals surface area (Å²) in [6.07, 6.45) is 5.27. The largest absolute Gasteiger partial charge is 0.497 e. The maximum atomic E-state index is 13.0. The number of carbonyl (C=O) groups excluding carboxylic acids is 1. The van der Waals surface area contributed by atoms with Crippen molar-refractivity contribution in [1.82, 2.24) is 4.90 Å². The molecule has 1 heterocycles. The molecule has 0 saturated carbocycles. The average molecular weight is 339 g/mol. The maximum absolute atomic E-state index is 13.0. The lowest BCUT2D eigenvalue weighted by atomic mass is 9.89. The molecule has 1 aliphatic rings. The van der Waals surface area contributed by atoms with Crippen LogP contribution in [0.1, 0.15) is 29.9 Å². The lowest BCUT2D eigenvalue weighted by Crippen LogP contribution is -2.36. The molecule has 1 fully saturated rings. The Labute approximate surface area is 147 Å². The van der Waals surface area contributed by atoms with Gasteiger partial charge in [0.25, 0.3) is 0 Å². The quantitative estimate of drug-likeness (QED) is 0.779. The van der Waals surface area contributed by atoms with Gasteiger partial charge >= 0.3 is 0 Å². The highest BCUT2D eigenvalue weighted by Crippen LogP contribution is 2.28. The van der Waals surface area contributed by atoms with Gasteiger partial charge in [-0.15, -0.1) is 0 Å². The normalized spacial score (nSPS) is 15.5. The number of hydrogen-bond donors (Lipinski definition) is 0. The molecular formula is C21H22FNO2. The number of carbonyl (C=O) groups is 1. The second-order valence-electron chi connectivity index (χ2n) is 6.26. The third kappa shape index (κ3) is 4.47. The second-order valence-corrected chi connectivity index (χ2v) is 6.26. The van der Waals surface area contributed by atoms with E-state index in [1.54, 1.807) is 13.2 Å². The van der Waals surface area contributed by atoms with Gasteiger partial charge in [0.15, 0.2) is 0 Å². The maximum Gasteiger partial charge on any atom is 0.246 e. The minimum absolute atomic E-state index is 0.0355. The zero-order valence-electron chi connectivity index (χ0n) is 14.3. The molecule has 0 N–H and O–H groups in total. The first kappa shape index (κ1) is 17.2. The van der Waals surface area contributed by atoms with E-state index < -0.39 is 0 Å². The summed E-state index contributed by atoms with van der Waals surface area (Å²) >= 11 is 0. The number of likely N-dealkylation sites (tertiary alicyclic amines) is 1. The van der Waals surface area contributed by atoms with Crippen molar-refractivity contribution < 1.29 is 13.9 Å². The molecule has 0 unspecified atom stereocenters. The monoisotopic (exact) mass is 339 g/mol. The van der Waals surface area contributed by atoms with Crippen LogP contribution in [0.3, 0.4) is 0 Å². The van der Waals surface area contributed by atoms with Gasteiger partial charge in [0.2, 0.25) is 5.91 Å². The molecule has 2 aromatic carbocycles. The first-order valence-electron chi connectivity index (χ1n) is 8.52. The van der Waals surface area contributed by atoms with E-state index in [0.717, 1.165) is 42.8 Å². The van der Waals surface area contributed by atoms with E-state index in [4.69, 9.17) is 4.74 Å². The van der Waals surface area contributed by atoms with Crippen molar-refractivity contribution in [3.05, 3.63) is 71.6 Å². The lowest BCUT2D eigenvalue weighted by molar-refractivity contribution is -0.126. The summed E-state index contributed by atoms with van der Waals surface area (Å²) in [6, 6.07) is 14.3. The highest BCUT2D eigenvalue weighted by Gasteiger charge is 2.22. The molecule has 0 atom stereocenters. The molecule has 1 saturated heterocycles. The molecule has 2 aromatic rings. The highest BCUT2D eigenvalue weighted by atomic mass is 19.1. The van der Waals surface area contributed by atoms with Gasteiger partial charge in [0, 0.05) is 19.2 Å². The van der Waals surface area contributed by atoms with Gasteiger partial charge in [-0.25, -0.2) is 4.39 Å².